The number of aromatic nitrogens is 2. The fourth-order valence-electron chi connectivity index (χ4n) is 4.18. The second-order valence-corrected chi connectivity index (χ2v) is 9.03. The molecule has 2 amide bonds. The molecule has 5 rings (SSSR count). The molecule has 0 unspecified atom stereocenters. The molecule has 2 aromatic carbocycles. The van der Waals surface area contributed by atoms with Crippen LogP contribution in [-0.4, -0.2) is 71.5 Å². The molecule has 0 N–H and O–H groups in total. The van der Waals surface area contributed by atoms with E-state index in [1.165, 1.54) is 18.2 Å². The number of carbonyl (C=O) groups excluding carboxylic acids is 1. The van der Waals surface area contributed by atoms with E-state index in [9.17, 15) is 18.0 Å². The lowest BCUT2D eigenvalue weighted by Gasteiger charge is -2.43. The molecule has 190 valence electrons. The smallest absolute Gasteiger partial charge is 0.324 e. The molecule has 0 aliphatic carbocycles. The molecule has 0 bridgehead atoms. The maximum absolute atomic E-state index is 13.8. The van der Waals surface area contributed by atoms with Crippen molar-refractivity contribution in [2.45, 2.75) is 19.0 Å². The Labute approximate surface area is 210 Å². The molecule has 0 spiro atoms. The maximum atomic E-state index is 13.8. The molecule has 1 aromatic heterocycles. The normalized spacial score (nSPS) is 16.9. The number of carbonyl (C=O) groups is 1. The third-order valence-electron chi connectivity index (χ3n) is 6.34. The van der Waals surface area contributed by atoms with Gasteiger partial charge >= 0.3 is 12.5 Å². The Morgan fingerprint density at radius 3 is 2.39 bits per heavy atom. The van der Waals surface area contributed by atoms with Crippen LogP contribution in [0.2, 0.25) is 5.02 Å². The van der Waals surface area contributed by atoms with E-state index in [0.29, 0.717) is 30.4 Å². The van der Waals surface area contributed by atoms with Crippen LogP contribution in [0.3, 0.4) is 0 Å². The molecule has 0 radical (unpaired) electrons. The number of benzene rings is 2. The van der Waals surface area contributed by atoms with Crippen LogP contribution in [0.4, 0.5) is 23.7 Å². The number of anilines is 1. The van der Waals surface area contributed by atoms with Gasteiger partial charge in [-0.25, -0.2) is 9.18 Å². The van der Waals surface area contributed by atoms with Crippen molar-refractivity contribution in [2.75, 3.05) is 44.3 Å². The minimum Gasteiger partial charge on any atom is -0.415 e. The Morgan fingerprint density at radius 1 is 1.08 bits per heavy atom. The van der Waals surface area contributed by atoms with Crippen molar-refractivity contribution in [1.82, 2.24) is 20.0 Å². The molecule has 36 heavy (non-hydrogen) atoms. The molecular weight excluding hydrogens is 499 g/mol. The average Bonchev–Trinajstić information content (AvgIpc) is 3.35. The van der Waals surface area contributed by atoms with Gasteiger partial charge in [0.1, 0.15) is 5.82 Å². The lowest BCUT2D eigenvalue weighted by atomic mass is 10.1. The summed E-state index contributed by atoms with van der Waals surface area (Å²) in [6.07, 6.45) is -2.85. The molecule has 3 aromatic rings. The van der Waals surface area contributed by atoms with Crippen molar-refractivity contribution in [3.05, 3.63) is 64.8 Å². The van der Waals surface area contributed by atoms with Gasteiger partial charge in [0.05, 0.1) is 30.8 Å². The van der Waals surface area contributed by atoms with Crippen molar-refractivity contribution in [3.63, 3.8) is 0 Å². The van der Waals surface area contributed by atoms with Crippen molar-refractivity contribution in [2.24, 2.45) is 0 Å². The topological polar surface area (TPSA) is 74.9 Å². The number of urea groups is 1. The van der Waals surface area contributed by atoms with Crippen molar-refractivity contribution >= 4 is 23.3 Å². The SMILES string of the molecule is O=C(N1CCN(C2COC2)CC1)N(Cc1ccc(-c2nnc(C(F)F)o2)cc1)c1ccc(F)c(Cl)c1. The summed E-state index contributed by atoms with van der Waals surface area (Å²) >= 11 is 6.02. The summed E-state index contributed by atoms with van der Waals surface area (Å²) in [5.74, 6) is -1.34. The summed E-state index contributed by atoms with van der Waals surface area (Å²) in [5, 5.41) is 6.91. The van der Waals surface area contributed by atoms with Gasteiger partial charge in [-0.2, -0.15) is 8.78 Å². The standard InChI is InChI=1S/C24H23ClF3N5O3/c25-19-11-17(5-6-20(19)26)33(24(34)32-9-7-31(8-10-32)18-13-35-14-18)12-15-1-3-16(4-2-15)22-29-30-23(36-22)21(27)28/h1-6,11,18,21H,7-10,12-14H2. The highest BCUT2D eigenvalue weighted by Gasteiger charge is 2.32. The third kappa shape index (κ3) is 5.18. The van der Waals surface area contributed by atoms with Gasteiger partial charge in [-0.05, 0) is 35.9 Å². The summed E-state index contributed by atoms with van der Waals surface area (Å²) in [5.41, 5.74) is 1.69. The van der Waals surface area contributed by atoms with Crippen LogP contribution in [0.15, 0.2) is 46.9 Å². The van der Waals surface area contributed by atoms with Gasteiger partial charge in [0.25, 0.3) is 5.89 Å². The van der Waals surface area contributed by atoms with Crippen LogP contribution in [-0.2, 0) is 11.3 Å². The summed E-state index contributed by atoms with van der Waals surface area (Å²) in [6, 6.07) is 11.1. The van der Waals surface area contributed by atoms with E-state index in [4.69, 9.17) is 20.8 Å². The van der Waals surface area contributed by atoms with Crippen LogP contribution in [0.25, 0.3) is 11.5 Å². The molecule has 12 heteroatoms. The van der Waals surface area contributed by atoms with Gasteiger partial charge in [0, 0.05) is 37.4 Å². The van der Waals surface area contributed by atoms with Crippen LogP contribution in [0.1, 0.15) is 17.9 Å². The van der Waals surface area contributed by atoms with Gasteiger partial charge in [0.2, 0.25) is 5.89 Å². The predicted octanol–water partition coefficient (Wildman–Crippen LogP) is 4.61. The van der Waals surface area contributed by atoms with E-state index >= 15 is 0 Å². The Hall–Kier alpha value is -3.15. The van der Waals surface area contributed by atoms with Crippen LogP contribution in [0.5, 0.6) is 0 Å². The predicted molar refractivity (Wildman–Crippen MR) is 125 cm³/mol. The number of nitrogens with zero attached hydrogens (tertiary/aromatic N) is 5. The largest absolute Gasteiger partial charge is 0.415 e. The monoisotopic (exact) mass is 521 g/mol. The van der Waals surface area contributed by atoms with E-state index in [2.05, 4.69) is 15.1 Å². The second kappa shape index (κ2) is 10.5. The highest BCUT2D eigenvalue weighted by molar-refractivity contribution is 6.31. The first-order valence-corrected chi connectivity index (χ1v) is 11.8. The number of hydrogen-bond donors (Lipinski definition) is 0. The molecule has 0 saturated carbocycles. The quantitative estimate of drug-likeness (QED) is 0.471. The number of hydrogen-bond acceptors (Lipinski definition) is 6. The Kier molecular flexibility index (Phi) is 7.13. The van der Waals surface area contributed by atoms with E-state index in [1.807, 2.05) is 0 Å². The fraction of sp³-hybridized carbons (Fsp3) is 0.375. The van der Waals surface area contributed by atoms with Crippen molar-refractivity contribution in [1.29, 1.82) is 0 Å². The molecule has 8 nitrogen and oxygen atoms in total. The average molecular weight is 522 g/mol. The zero-order valence-corrected chi connectivity index (χ0v) is 19.9. The Balaban J connectivity index is 1.34. The zero-order valence-electron chi connectivity index (χ0n) is 19.1. The molecule has 2 saturated heterocycles. The molecule has 2 fully saturated rings. The third-order valence-corrected chi connectivity index (χ3v) is 6.63. The first kappa shape index (κ1) is 24.5. The fourth-order valence-corrected chi connectivity index (χ4v) is 4.35. The number of piperazine rings is 1. The lowest BCUT2D eigenvalue weighted by Crippen LogP contribution is -2.59. The minimum absolute atomic E-state index is 0.0233. The zero-order chi connectivity index (χ0) is 25.2. The van der Waals surface area contributed by atoms with Crippen LogP contribution < -0.4 is 4.90 Å². The van der Waals surface area contributed by atoms with Crippen molar-refractivity contribution < 1.29 is 27.1 Å². The van der Waals surface area contributed by atoms with E-state index in [0.717, 1.165) is 31.9 Å². The first-order chi connectivity index (χ1) is 17.4. The molecular formula is C24H23ClF3N5O3. The van der Waals surface area contributed by atoms with E-state index in [-0.39, 0.29) is 23.5 Å². The summed E-state index contributed by atoms with van der Waals surface area (Å²) < 4.78 is 49.6. The molecule has 2 aliphatic rings. The highest BCUT2D eigenvalue weighted by Crippen LogP contribution is 2.27. The van der Waals surface area contributed by atoms with E-state index < -0.39 is 18.1 Å². The number of ether oxygens (including phenoxy) is 1. The number of alkyl halides is 2. The van der Waals surface area contributed by atoms with Gasteiger partial charge < -0.3 is 14.1 Å². The Morgan fingerprint density at radius 2 is 1.81 bits per heavy atom. The molecule has 0 atom stereocenters. The highest BCUT2D eigenvalue weighted by atomic mass is 35.5. The minimum atomic E-state index is -2.85. The number of amides is 2. The summed E-state index contributed by atoms with van der Waals surface area (Å²) in [4.78, 5) is 19.2. The van der Waals surface area contributed by atoms with Gasteiger partial charge in [-0.3, -0.25) is 9.80 Å². The molecule has 2 aliphatic heterocycles. The number of halogens is 4. The summed E-state index contributed by atoms with van der Waals surface area (Å²) in [7, 11) is 0. The van der Waals surface area contributed by atoms with E-state index in [1.54, 1.807) is 34.1 Å². The maximum Gasteiger partial charge on any atom is 0.324 e. The second-order valence-electron chi connectivity index (χ2n) is 8.62. The number of rotatable bonds is 6. The van der Waals surface area contributed by atoms with Gasteiger partial charge in [0.15, 0.2) is 0 Å². The van der Waals surface area contributed by atoms with Crippen LogP contribution in [0, 0.1) is 5.82 Å². The Bertz CT molecular complexity index is 1210. The molecule has 3 heterocycles. The van der Waals surface area contributed by atoms with Crippen LogP contribution >= 0.6 is 11.6 Å². The summed E-state index contributed by atoms with van der Waals surface area (Å²) in [6.45, 7) is 4.24. The van der Waals surface area contributed by atoms with Gasteiger partial charge in [-0.1, -0.05) is 23.7 Å². The lowest BCUT2D eigenvalue weighted by molar-refractivity contribution is -0.0738. The van der Waals surface area contributed by atoms with Gasteiger partial charge in [-0.15, -0.1) is 10.2 Å². The van der Waals surface area contributed by atoms with Crippen molar-refractivity contribution in [3.8, 4) is 11.5 Å². The first-order valence-electron chi connectivity index (χ1n) is 11.4.